The molecule has 0 aliphatic rings. The van der Waals surface area contributed by atoms with Crippen LogP contribution in [0.15, 0.2) is 42.5 Å². The van der Waals surface area contributed by atoms with Gasteiger partial charge in [-0.15, -0.1) is 0 Å². The van der Waals surface area contributed by atoms with Crippen LogP contribution < -0.4 is 0 Å². The second-order valence-corrected chi connectivity index (χ2v) is 5.35. The van der Waals surface area contributed by atoms with Gasteiger partial charge in [0.15, 0.2) is 0 Å². The first kappa shape index (κ1) is 19.2. The van der Waals surface area contributed by atoms with Crippen molar-refractivity contribution in [1.82, 2.24) is 4.90 Å². The van der Waals surface area contributed by atoms with Crippen LogP contribution in [-0.2, 0) is 16.0 Å². The summed E-state index contributed by atoms with van der Waals surface area (Å²) < 4.78 is 4.96. The van der Waals surface area contributed by atoms with E-state index in [0.29, 0.717) is 6.61 Å². The molecule has 0 saturated carbocycles. The van der Waals surface area contributed by atoms with Gasteiger partial charge in [0.1, 0.15) is 0 Å². The van der Waals surface area contributed by atoms with Crippen LogP contribution in [0.1, 0.15) is 33.3 Å². The summed E-state index contributed by atoms with van der Waals surface area (Å²) in [6, 6.07) is 14.4. The molecule has 0 heterocycles. The Labute approximate surface area is 140 Å². The first-order valence-corrected chi connectivity index (χ1v) is 8.44. The fourth-order valence-corrected chi connectivity index (χ4v) is 2.49. The molecule has 0 amide bonds. The van der Waals surface area contributed by atoms with Crippen molar-refractivity contribution in [2.24, 2.45) is 0 Å². The van der Waals surface area contributed by atoms with Gasteiger partial charge in [-0.2, -0.15) is 0 Å². The summed E-state index contributed by atoms with van der Waals surface area (Å²) >= 11 is 0. The Morgan fingerprint density at radius 1 is 0.957 bits per heavy atom. The van der Waals surface area contributed by atoms with E-state index in [1.54, 1.807) is 0 Å². The van der Waals surface area contributed by atoms with Gasteiger partial charge in [0, 0.05) is 13.3 Å². The fourth-order valence-electron chi connectivity index (χ4n) is 2.49. The molecular formula is C20H29NO2. The Balaban J connectivity index is 0.000000322. The topological polar surface area (TPSA) is 29.5 Å². The van der Waals surface area contributed by atoms with E-state index in [-0.39, 0.29) is 5.97 Å². The minimum atomic E-state index is -0.222. The van der Waals surface area contributed by atoms with Gasteiger partial charge < -0.3 is 9.64 Å². The van der Waals surface area contributed by atoms with Gasteiger partial charge in [0.05, 0.1) is 6.61 Å². The maximum atomic E-state index is 10.7. The zero-order chi connectivity index (χ0) is 17.1. The average molecular weight is 315 g/mol. The molecular weight excluding hydrogens is 286 g/mol. The number of fused-ring (bicyclic) bond motifs is 1. The highest BCUT2D eigenvalue weighted by Crippen LogP contribution is 2.18. The van der Waals surface area contributed by atoms with Crippen LogP contribution in [-0.4, -0.2) is 37.1 Å². The highest BCUT2D eigenvalue weighted by Gasteiger charge is 2.00. The molecule has 23 heavy (non-hydrogen) atoms. The van der Waals surface area contributed by atoms with Crippen LogP contribution in [0.2, 0.25) is 0 Å². The minimum absolute atomic E-state index is 0.222. The molecule has 0 fully saturated rings. The lowest BCUT2D eigenvalue weighted by atomic mass is 10.0. The van der Waals surface area contributed by atoms with Gasteiger partial charge in [0.2, 0.25) is 0 Å². The monoisotopic (exact) mass is 315 g/mol. The number of esters is 1. The molecule has 0 unspecified atom stereocenters. The molecule has 2 aromatic rings. The van der Waals surface area contributed by atoms with Gasteiger partial charge in [-0.25, -0.2) is 0 Å². The van der Waals surface area contributed by atoms with E-state index in [0.717, 1.165) is 6.42 Å². The highest BCUT2D eigenvalue weighted by molar-refractivity contribution is 5.85. The predicted molar refractivity (Wildman–Crippen MR) is 97.7 cm³/mol. The largest absolute Gasteiger partial charge is 0.466 e. The van der Waals surface area contributed by atoms with Crippen LogP contribution in [0, 0.1) is 0 Å². The highest BCUT2D eigenvalue weighted by atomic mass is 16.5. The summed E-state index contributed by atoms with van der Waals surface area (Å²) in [4.78, 5) is 13.1. The molecule has 126 valence electrons. The normalized spacial score (nSPS) is 10.3. The summed E-state index contributed by atoms with van der Waals surface area (Å²) in [5.41, 5.74) is 1.22. The third-order valence-electron chi connectivity index (χ3n) is 3.90. The van der Waals surface area contributed by atoms with Crippen LogP contribution in [0.4, 0.5) is 0 Å². The van der Waals surface area contributed by atoms with E-state index in [1.807, 2.05) is 18.2 Å². The molecule has 0 aromatic heterocycles. The smallest absolute Gasteiger partial charge is 0.302 e. The van der Waals surface area contributed by atoms with Crippen molar-refractivity contribution in [3.05, 3.63) is 48.0 Å². The van der Waals surface area contributed by atoms with Crippen molar-refractivity contribution in [3.63, 3.8) is 0 Å². The molecule has 0 atom stereocenters. The Morgan fingerprint density at radius 3 is 2.13 bits per heavy atom. The zero-order valence-corrected chi connectivity index (χ0v) is 14.8. The van der Waals surface area contributed by atoms with Gasteiger partial charge >= 0.3 is 5.97 Å². The van der Waals surface area contributed by atoms with Crippen LogP contribution in [0.3, 0.4) is 0 Å². The maximum Gasteiger partial charge on any atom is 0.302 e. The second kappa shape index (κ2) is 10.8. The summed E-state index contributed by atoms with van der Waals surface area (Å²) in [6.45, 7) is 12.0. The first-order valence-electron chi connectivity index (χ1n) is 8.44. The van der Waals surface area contributed by atoms with E-state index < -0.39 is 0 Å². The molecule has 0 bridgehead atoms. The van der Waals surface area contributed by atoms with Crippen molar-refractivity contribution in [2.75, 3.05) is 26.2 Å². The number of hydrogen-bond donors (Lipinski definition) is 0. The number of nitrogens with zero attached hydrogens (tertiary/aromatic N) is 1. The van der Waals surface area contributed by atoms with Gasteiger partial charge in [0.25, 0.3) is 0 Å². The lowest BCUT2D eigenvalue weighted by Crippen LogP contribution is -2.21. The Morgan fingerprint density at radius 2 is 1.57 bits per heavy atom. The van der Waals surface area contributed by atoms with Gasteiger partial charge in [-0.1, -0.05) is 63.2 Å². The molecule has 0 aliphatic carbocycles. The third-order valence-corrected chi connectivity index (χ3v) is 3.90. The predicted octanol–water partition coefficient (Wildman–Crippen LogP) is 4.29. The Kier molecular flexibility index (Phi) is 9.00. The van der Waals surface area contributed by atoms with Crippen LogP contribution >= 0.6 is 0 Å². The quantitative estimate of drug-likeness (QED) is 0.745. The fraction of sp³-hybridized carbons (Fsp3) is 0.450. The van der Waals surface area contributed by atoms with E-state index in [2.05, 4.69) is 49.9 Å². The van der Waals surface area contributed by atoms with Crippen molar-refractivity contribution < 1.29 is 9.53 Å². The average Bonchev–Trinajstić information content (AvgIpc) is 2.57. The van der Waals surface area contributed by atoms with Gasteiger partial charge in [-0.3, -0.25) is 4.79 Å². The molecule has 0 radical (unpaired) electrons. The molecule has 3 nitrogen and oxygen atoms in total. The molecule has 0 N–H and O–H groups in total. The number of rotatable bonds is 6. The summed E-state index contributed by atoms with van der Waals surface area (Å²) in [7, 11) is 0. The van der Waals surface area contributed by atoms with E-state index >= 15 is 0 Å². The Bertz CT molecular complexity index is 580. The van der Waals surface area contributed by atoms with Crippen molar-refractivity contribution in [3.8, 4) is 0 Å². The lowest BCUT2D eigenvalue weighted by molar-refractivity contribution is -0.140. The SMILES string of the molecule is CC(=O)OCCc1cccc2ccccc12.CCN(CC)CC. The number of hydrogen-bond acceptors (Lipinski definition) is 3. The molecule has 0 saturated heterocycles. The summed E-state index contributed by atoms with van der Waals surface area (Å²) in [5.74, 6) is -0.222. The first-order chi connectivity index (χ1) is 11.1. The van der Waals surface area contributed by atoms with Crippen molar-refractivity contribution in [1.29, 1.82) is 0 Å². The zero-order valence-electron chi connectivity index (χ0n) is 14.8. The second-order valence-electron chi connectivity index (χ2n) is 5.35. The molecule has 2 aromatic carbocycles. The van der Waals surface area contributed by atoms with Crippen LogP contribution in [0.5, 0.6) is 0 Å². The molecule has 3 heteroatoms. The third kappa shape index (κ3) is 6.83. The standard InChI is InChI=1S/C14H14O2.C6H15N/c1-11(15)16-10-9-13-7-4-6-12-5-2-3-8-14(12)13;1-4-7(5-2)6-3/h2-8H,9-10H2,1H3;4-6H2,1-3H3. The molecule has 2 rings (SSSR count). The van der Waals surface area contributed by atoms with Crippen LogP contribution in [0.25, 0.3) is 10.8 Å². The molecule has 0 spiro atoms. The summed E-state index contributed by atoms with van der Waals surface area (Å²) in [6.07, 6.45) is 0.765. The van der Waals surface area contributed by atoms with E-state index in [9.17, 15) is 4.79 Å². The van der Waals surface area contributed by atoms with Gasteiger partial charge in [-0.05, 0) is 36.0 Å². The maximum absolute atomic E-state index is 10.7. The summed E-state index contributed by atoms with van der Waals surface area (Å²) in [5, 5.41) is 2.46. The van der Waals surface area contributed by atoms with E-state index in [4.69, 9.17) is 4.74 Å². The lowest BCUT2D eigenvalue weighted by Gasteiger charge is -2.13. The minimum Gasteiger partial charge on any atom is -0.466 e. The molecule has 0 aliphatic heterocycles. The number of carbonyl (C=O) groups is 1. The number of benzene rings is 2. The van der Waals surface area contributed by atoms with Crippen molar-refractivity contribution in [2.45, 2.75) is 34.1 Å². The van der Waals surface area contributed by atoms with E-state index in [1.165, 1.54) is 42.9 Å². The number of carbonyl (C=O) groups excluding carboxylic acids is 1. The number of ether oxygens (including phenoxy) is 1. The Hall–Kier alpha value is -1.87. The van der Waals surface area contributed by atoms with Crippen molar-refractivity contribution >= 4 is 16.7 Å².